The summed E-state index contributed by atoms with van der Waals surface area (Å²) in [5.74, 6) is 13.9. The highest BCUT2D eigenvalue weighted by Gasteiger charge is 2.52. The van der Waals surface area contributed by atoms with Crippen LogP contribution in [-0.2, 0) is 66.3 Å². The van der Waals surface area contributed by atoms with Gasteiger partial charge in [-0.2, -0.15) is 0 Å². The Kier molecular flexibility index (Phi) is 57.3. The number of hydrogen-bond acceptors (Lipinski definition) is 14. The molecule has 14 heteroatoms. The van der Waals surface area contributed by atoms with Crippen molar-refractivity contribution in [3.8, 4) is 0 Å². The standard InChI is InChI=1S/2C11H18O.C10H20O.2C9H16O.2C8H14O.C8H18O.C7H14O.2C6H14O.2C5H12O.C4H10O/c1-12-11-5-8-2-9(6-11)4-10(3-8)7-11;1-12-11-9-3-7-2-8(5-9)6-10(11)4-7;1-10(2,11-3)9-7-5-4-6-8-9;1-10-9-5-2-8(3-6-9)4-7-9;1-10-9-6-7-2-4-8(9)5-3-7;1-9-8-4-2-7(6-8)3-5-8;1-9-8-5-6-2-3-7(8)4-6;1-5-8(6-2,7-3)9-4;1-8-7-5-3-2-4-6-7;1-5-6(2,3)7-4;1-4-6(5-2)7-3;1-5(2,3)6-4;1-4-5(2)6-3;1-4(2)5-3/h8-10H,2-7H2,1H3;7-11H,2-6H2,1H3;9H,4-8H2,1-3H3;8H,2-7H2,1H3;7-9H,2-6H2,1H3;7H,2-6H2,1H3;6-8H,2-5H2,1H3;5-7H2,1-4H3;7H,2-6H2,1H3;5H2,1-4H3;6H,4-5H2,1-3H3;1-4H3;5H,4H2,1-3H3;4H,1-3H3. The lowest BCUT2D eigenvalue weighted by Crippen LogP contribution is -2.51. The van der Waals surface area contributed by atoms with Crippen molar-refractivity contribution in [1.82, 2.24) is 0 Å². The number of fused-ring (bicyclic) bond motifs is 10. The summed E-state index contributed by atoms with van der Waals surface area (Å²) >= 11 is 0. The van der Waals surface area contributed by atoms with Crippen LogP contribution in [-0.4, -0.2) is 181 Å². The molecule has 0 aromatic rings. The second kappa shape index (κ2) is 60.5. The molecule has 0 aromatic heterocycles. The van der Waals surface area contributed by atoms with E-state index >= 15 is 0 Å². The van der Waals surface area contributed by atoms with E-state index in [2.05, 4.69) is 83.1 Å². The van der Waals surface area contributed by atoms with Crippen LogP contribution in [0.2, 0.25) is 0 Å². The van der Waals surface area contributed by atoms with Crippen molar-refractivity contribution in [2.24, 2.45) is 82.9 Å². The van der Waals surface area contributed by atoms with E-state index in [-0.39, 0.29) is 22.4 Å². The molecular weight excluding hydrogens is 1510 g/mol. The highest BCUT2D eigenvalue weighted by Crippen LogP contribution is 2.58. The molecule has 0 heterocycles. The topological polar surface area (TPSA) is 129 Å². The van der Waals surface area contributed by atoms with Gasteiger partial charge < -0.3 is 66.3 Å². The van der Waals surface area contributed by atoms with Crippen molar-refractivity contribution >= 4 is 0 Å². The number of methoxy groups -OCH3 is 14. The van der Waals surface area contributed by atoms with Crippen molar-refractivity contribution in [2.45, 2.75) is 508 Å². The molecule has 16 bridgehead atoms. The fourth-order valence-electron chi connectivity index (χ4n) is 23.9. The molecule has 0 aliphatic heterocycles. The van der Waals surface area contributed by atoms with E-state index in [1.807, 2.05) is 91.5 Å². The molecule has 20 saturated carbocycles. The maximum absolute atomic E-state index is 5.75. The minimum atomic E-state index is 0.0417. The normalized spacial score (nSPS) is 33.4. The van der Waals surface area contributed by atoms with Gasteiger partial charge in [-0.15, -0.1) is 0 Å². The Hall–Kier alpha value is -0.560. The third kappa shape index (κ3) is 41.4. The fraction of sp³-hybridized carbons (Fsp3) is 1.00. The lowest BCUT2D eigenvalue weighted by Gasteiger charge is -2.55. The fourth-order valence-corrected chi connectivity index (χ4v) is 23.9. The Morgan fingerprint density at radius 2 is 0.702 bits per heavy atom. The molecule has 20 aliphatic carbocycles. The molecule has 0 aromatic carbocycles. The molecule has 0 spiro atoms. The van der Waals surface area contributed by atoms with Gasteiger partial charge in [0.2, 0.25) is 0 Å². The molecule has 20 aliphatic rings. The van der Waals surface area contributed by atoms with Gasteiger partial charge in [0.15, 0.2) is 0 Å². The van der Waals surface area contributed by atoms with Crippen LogP contribution in [0.5, 0.6) is 0 Å². The third-order valence-corrected chi connectivity index (χ3v) is 33.7. The Balaban J connectivity index is 0.000000339. The average Bonchev–Trinajstić information content (AvgIpc) is 1.71. The number of hydrogen-bond donors (Lipinski definition) is 0. The van der Waals surface area contributed by atoms with Crippen molar-refractivity contribution < 1.29 is 66.3 Å². The second-order valence-electron chi connectivity index (χ2n) is 43.2. The van der Waals surface area contributed by atoms with Gasteiger partial charge in [0, 0.05) is 99.5 Å². The first kappa shape index (κ1) is 115. The van der Waals surface area contributed by atoms with Crippen LogP contribution in [0, 0.1) is 82.9 Å². The van der Waals surface area contributed by atoms with Gasteiger partial charge in [-0.25, -0.2) is 0 Å². The highest BCUT2D eigenvalue weighted by atomic mass is 16.5. The van der Waals surface area contributed by atoms with Crippen molar-refractivity contribution in [3.05, 3.63) is 0 Å². The molecule has 0 radical (unpaired) electrons. The van der Waals surface area contributed by atoms with Crippen LogP contribution in [0.15, 0.2) is 0 Å². The number of ether oxygens (including phenoxy) is 14. The summed E-state index contributed by atoms with van der Waals surface area (Å²) in [5, 5.41) is 0. The zero-order valence-corrected chi connectivity index (χ0v) is 86.3. The lowest BCUT2D eigenvalue weighted by molar-refractivity contribution is -0.145. The van der Waals surface area contributed by atoms with Crippen LogP contribution in [0.25, 0.3) is 0 Å². The average molecular weight is 1720 g/mol. The Morgan fingerprint density at radius 3 is 0.926 bits per heavy atom. The van der Waals surface area contributed by atoms with Gasteiger partial charge >= 0.3 is 0 Å². The van der Waals surface area contributed by atoms with Gasteiger partial charge in [-0.05, 0) is 422 Å². The van der Waals surface area contributed by atoms with Crippen molar-refractivity contribution in [3.63, 3.8) is 0 Å². The monoisotopic (exact) mass is 1720 g/mol. The van der Waals surface area contributed by atoms with E-state index in [0.717, 1.165) is 128 Å². The van der Waals surface area contributed by atoms with E-state index in [9.17, 15) is 0 Å². The Morgan fingerprint density at radius 1 is 0.306 bits per heavy atom. The molecular formula is C107H210O14. The summed E-state index contributed by atoms with van der Waals surface area (Å²) in [4.78, 5) is 0. The van der Waals surface area contributed by atoms with Crippen LogP contribution < -0.4 is 0 Å². The summed E-state index contributed by atoms with van der Waals surface area (Å²) < 4.78 is 74.0. The zero-order chi connectivity index (χ0) is 90.5. The summed E-state index contributed by atoms with van der Waals surface area (Å²) in [5.41, 5.74) is 1.43. The minimum absolute atomic E-state index is 0.0417. The molecule has 5 atom stereocenters. The molecule has 20 rings (SSSR count). The quantitative estimate of drug-likeness (QED) is 0.108. The number of rotatable bonds is 21. The molecule has 0 amide bonds. The second-order valence-corrected chi connectivity index (χ2v) is 43.2. The van der Waals surface area contributed by atoms with E-state index < -0.39 is 0 Å². The Labute approximate surface area is 752 Å². The minimum Gasteiger partial charge on any atom is -0.382 e. The van der Waals surface area contributed by atoms with Gasteiger partial charge in [0.05, 0.1) is 81.9 Å². The van der Waals surface area contributed by atoms with E-state index in [4.69, 9.17) is 66.3 Å². The highest BCUT2D eigenvalue weighted by molar-refractivity contribution is 5.04. The zero-order valence-electron chi connectivity index (χ0n) is 86.3. The van der Waals surface area contributed by atoms with Crippen LogP contribution >= 0.6 is 0 Å². The largest absolute Gasteiger partial charge is 0.382 e. The smallest absolute Gasteiger partial charge is 0.0686 e. The molecule has 722 valence electrons. The first-order valence-corrected chi connectivity index (χ1v) is 51.2. The molecule has 20 fully saturated rings. The summed E-state index contributed by atoms with van der Waals surface area (Å²) in [7, 11) is 25.4. The van der Waals surface area contributed by atoms with E-state index in [1.54, 1.807) is 49.1 Å². The summed E-state index contributed by atoms with van der Waals surface area (Å²) in [6.07, 6.45) is 69.4. The first-order valence-electron chi connectivity index (χ1n) is 51.2. The SMILES string of the molecule is CCC(C)(C)OC.CCC(C)OC.CCC(CC)(CC)OC.CCC(CC)OC.COC(C)(C)C.COC(C)(C)C1CCCCC1.COC(C)C.COC12CC3CC(CC(C3)C1)C2.COC12CCC(CC1)C2.COC12CCC(CC1)CC2.COC1C2CC3CC(C2)CC1C3.COC1CC2CCC1C2.COC1CC2CCC1CC2.COC1CCCCC1. The predicted octanol–water partition coefficient (Wildman–Crippen LogP) is 28.5. The van der Waals surface area contributed by atoms with E-state index in [0.29, 0.717) is 59.5 Å². The Bertz CT molecular complexity index is 2340. The molecule has 121 heavy (non-hydrogen) atoms. The lowest BCUT2D eigenvalue weighted by atomic mass is 9.54. The van der Waals surface area contributed by atoms with Gasteiger partial charge in [-0.3, -0.25) is 0 Å². The van der Waals surface area contributed by atoms with Crippen molar-refractivity contribution in [2.75, 3.05) is 99.5 Å². The van der Waals surface area contributed by atoms with E-state index in [1.165, 1.54) is 257 Å². The van der Waals surface area contributed by atoms with Gasteiger partial charge in [0.25, 0.3) is 0 Å². The molecule has 14 nitrogen and oxygen atoms in total. The molecule has 0 N–H and O–H groups in total. The molecule has 5 unspecified atom stereocenters. The van der Waals surface area contributed by atoms with Crippen LogP contribution in [0.1, 0.15) is 426 Å². The van der Waals surface area contributed by atoms with Gasteiger partial charge in [-0.1, -0.05) is 87.0 Å². The maximum atomic E-state index is 5.75. The van der Waals surface area contributed by atoms with Crippen LogP contribution in [0.3, 0.4) is 0 Å². The molecule has 0 saturated heterocycles. The predicted molar refractivity (Wildman–Crippen MR) is 511 cm³/mol. The third-order valence-electron chi connectivity index (χ3n) is 33.7. The first-order chi connectivity index (χ1) is 57.6. The van der Waals surface area contributed by atoms with Crippen molar-refractivity contribution in [1.29, 1.82) is 0 Å². The summed E-state index contributed by atoms with van der Waals surface area (Å²) in [6.45, 7) is 35.7. The van der Waals surface area contributed by atoms with Crippen LogP contribution in [0.4, 0.5) is 0 Å². The summed E-state index contributed by atoms with van der Waals surface area (Å²) in [6, 6.07) is 0. The maximum Gasteiger partial charge on any atom is 0.0686 e. The van der Waals surface area contributed by atoms with Gasteiger partial charge in [0.1, 0.15) is 0 Å².